The summed E-state index contributed by atoms with van der Waals surface area (Å²) in [4.78, 5) is 36.3. The Hall–Kier alpha value is -1.59. The van der Waals surface area contributed by atoms with Crippen molar-refractivity contribution in [2.75, 3.05) is 0 Å². The second kappa shape index (κ2) is 4.30. The van der Waals surface area contributed by atoms with E-state index in [2.05, 4.69) is 9.78 Å². The van der Waals surface area contributed by atoms with E-state index in [4.69, 9.17) is 5.11 Å². The zero-order chi connectivity index (χ0) is 7.98. The molecule has 6 nitrogen and oxygen atoms in total. The highest BCUT2D eigenvalue weighted by molar-refractivity contribution is 5.89. The lowest BCUT2D eigenvalue weighted by Crippen LogP contribution is -2.10. The van der Waals surface area contributed by atoms with Crippen LogP contribution in [0.5, 0.6) is 0 Å². The number of hydrogen-bond donors (Lipinski definition) is 1. The summed E-state index contributed by atoms with van der Waals surface area (Å²) in [6.45, 7) is -0.125. The van der Waals surface area contributed by atoms with Crippen molar-refractivity contribution in [3.8, 4) is 0 Å². The molecule has 0 atom stereocenters. The van der Waals surface area contributed by atoms with Gasteiger partial charge in [-0.1, -0.05) is 0 Å². The van der Waals surface area contributed by atoms with Crippen LogP contribution in [-0.2, 0) is 24.2 Å². The fourth-order valence-electron chi connectivity index (χ4n) is 0.226. The third-order valence-corrected chi connectivity index (χ3v) is 0.476. The molecule has 0 aliphatic rings. The Morgan fingerprint density at radius 2 is 2.10 bits per heavy atom. The van der Waals surface area contributed by atoms with E-state index in [0.717, 1.165) is 0 Å². The molecular weight excluding hydrogens is 144 g/mol. The molecule has 0 heterocycles. The summed E-state index contributed by atoms with van der Waals surface area (Å²) in [5.41, 5.74) is 0. The van der Waals surface area contributed by atoms with Crippen LogP contribution in [0.15, 0.2) is 0 Å². The number of carboxylic acids is 1. The second-order valence-electron chi connectivity index (χ2n) is 1.22. The molecule has 0 bridgehead atoms. The average Bonchev–Trinajstić information content (AvgIpc) is 1.82. The molecule has 6 heteroatoms. The quantitative estimate of drug-likeness (QED) is 0.240. The molecule has 0 radical (unpaired) electrons. The molecule has 1 N–H and O–H groups in total. The van der Waals surface area contributed by atoms with E-state index in [-0.39, 0.29) is 6.47 Å². The van der Waals surface area contributed by atoms with Crippen molar-refractivity contribution in [1.82, 2.24) is 0 Å². The minimum absolute atomic E-state index is 0.125. The first-order valence-corrected chi connectivity index (χ1v) is 2.18. The van der Waals surface area contributed by atoms with Gasteiger partial charge >= 0.3 is 18.4 Å². The van der Waals surface area contributed by atoms with Crippen molar-refractivity contribution in [3.63, 3.8) is 0 Å². The second-order valence-corrected chi connectivity index (χ2v) is 1.22. The molecule has 56 valence electrons. The lowest BCUT2D eigenvalue weighted by atomic mass is 10.5. The zero-order valence-corrected chi connectivity index (χ0v) is 4.77. The Balaban J connectivity index is 3.43. The Kier molecular flexibility index (Phi) is 3.62. The highest BCUT2D eigenvalue weighted by Crippen LogP contribution is 1.84. The predicted octanol–water partition coefficient (Wildman–Crippen LogP) is -0.908. The highest BCUT2D eigenvalue weighted by Gasteiger charge is 2.09. The fourth-order valence-corrected chi connectivity index (χ4v) is 0.226. The molecule has 0 saturated carbocycles. The molecular formula is C4H4O6. The van der Waals surface area contributed by atoms with E-state index in [9.17, 15) is 14.4 Å². The minimum Gasteiger partial charge on any atom is -0.481 e. The molecule has 0 aromatic carbocycles. The molecule has 0 aliphatic heterocycles. The van der Waals surface area contributed by atoms with Gasteiger partial charge in [-0.2, -0.15) is 0 Å². The summed E-state index contributed by atoms with van der Waals surface area (Å²) in [6.07, 6.45) is -0.826. The van der Waals surface area contributed by atoms with Gasteiger partial charge in [-0.25, -0.2) is 9.68 Å². The lowest BCUT2D eigenvalue weighted by Gasteiger charge is -1.93. The molecule has 0 rings (SSSR count). The van der Waals surface area contributed by atoms with Gasteiger partial charge < -0.3 is 5.11 Å². The van der Waals surface area contributed by atoms with Crippen molar-refractivity contribution >= 4 is 18.4 Å². The van der Waals surface area contributed by atoms with Crippen molar-refractivity contribution in [2.24, 2.45) is 0 Å². The molecule has 0 aromatic heterocycles. The smallest absolute Gasteiger partial charge is 0.366 e. The van der Waals surface area contributed by atoms with E-state index < -0.39 is 18.4 Å². The highest BCUT2D eigenvalue weighted by atomic mass is 17.2. The first kappa shape index (κ1) is 8.41. The first-order valence-electron chi connectivity index (χ1n) is 2.18. The molecule has 0 amide bonds. The molecule has 0 spiro atoms. The molecule has 0 aliphatic carbocycles. The minimum atomic E-state index is -1.35. The summed E-state index contributed by atoms with van der Waals surface area (Å²) in [7, 11) is 0. The zero-order valence-electron chi connectivity index (χ0n) is 4.77. The van der Waals surface area contributed by atoms with Crippen LogP contribution in [-0.4, -0.2) is 23.5 Å². The molecule has 0 fully saturated rings. The Morgan fingerprint density at radius 3 is 2.50 bits per heavy atom. The molecule has 0 saturated heterocycles. The Morgan fingerprint density at radius 1 is 1.50 bits per heavy atom. The summed E-state index contributed by atoms with van der Waals surface area (Å²) < 4.78 is 0. The normalized spacial score (nSPS) is 8.00. The standard InChI is InChI=1S/C4H4O6/c5-2-9-10-4(8)1-3(6)7/h2H,1H2,(H,6,7). The maximum absolute atomic E-state index is 10.1. The summed E-state index contributed by atoms with van der Waals surface area (Å²) in [6, 6.07) is 0. The number of carboxylic acid groups (broad SMARTS) is 1. The number of rotatable bonds is 4. The van der Waals surface area contributed by atoms with Crippen LogP contribution in [0.3, 0.4) is 0 Å². The maximum Gasteiger partial charge on any atom is 0.366 e. The number of carbonyl (C=O) groups is 3. The monoisotopic (exact) mass is 148 g/mol. The lowest BCUT2D eigenvalue weighted by molar-refractivity contribution is -0.248. The van der Waals surface area contributed by atoms with Crippen LogP contribution in [0.4, 0.5) is 0 Å². The molecule has 0 aromatic rings. The average molecular weight is 148 g/mol. The number of hydrogen-bond acceptors (Lipinski definition) is 5. The van der Waals surface area contributed by atoms with Crippen LogP contribution in [0.1, 0.15) is 6.42 Å². The summed E-state index contributed by atoms with van der Waals surface area (Å²) in [5.74, 6) is -2.47. The predicted molar refractivity (Wildman–Crippen MR) is 25.5 cm³/mol. The molecule has 0 unspecified atom stereocenters. The van der Waals surface area contributed by atoms with E-state index in [1.165, 1.54) is 0 Å². The van der Waals surface area contributed by atoms with E-state index >= 15 is 0 Å². The summed E-state index contributed by atoms with van der Waals surface area (Å²) in [5, 5.41) is 7.94. The van der Waals surface area contributed by atoms with Crippen molar-refractivity contribution < 1.29 is 29.3 Å². The van der Waals surface area contributed by atoms with Crippen molar-refractivity contribution in [3.05, 3.63) is 0 Å². The largest absolute Gasteiger partial charge is 0.481 e. The van der Waals surface area contributed by atoms with Crippen LogP contribution >= 0.6 is 0 Å². The van der Waals surface area contributed by atoms with Crippen LogP contribution < -0.4 is 0 Å². The van der Waals surface area contributed by atoms with Gasteiger partial charge in [0, 0.05) is 0 Å². The van der Waals surface area contributed by atoms with Gasteiger partial charge in [0.2, 0.25) is 0 Å². The number of carbonyl (C=O) groups excluding carboxylic acids is 2. The SMILES string of the molecule is O=COOC(=O)CC(=O)O. The Labute approximate surface area is 55.3 Å². The molecule has 10 heavy (non-hydrogen) atoms. The fraction of sp³-hybridized carbons (Fsp3) is 0.250. The van der Waals surface area contributed by atoms with Gasteiger partial charge in [-0.05, 0) is 0 Å². The van der Waals surface area contributed by atoms with Gasteiger partial charge in [0.25, 0.3) is 0 Å². The van der Waals surface area contributed by atoms with Crippen LogP contribution in [0.25, 0.3) is 0 Å². The van der Waals surface area contributed by atoms with Gasteiger partial charge in [0.15, 0.2) is 0 Å². The van der Waals surface area contributed by atoms with Gasteiger partial charge in [-0.3, -0.25) is 14.5 Å². The van der Waals surface area contributed by atoms with Gasteiger partial charge in [0.1, 0.15) is 6.42 Å². The van der Waals surface area contributed by atoms with Gasteiger partial charge in [-0.15, -0.1) is 0 Å². The topological polar surface area (TPSA) is 89.9 Å². The number of aliphatic carboxylic acids is 1. The van der Waals surface area contributed by atoms with E-state index in [1.54, 1.807) is 0 Å². The van der Waals surface area contributed by atoms with Gasteiger partial charge in [0.05, 0.1) is 0 Å². The Bertz CT molecular complexity index is 150. The van der Waals surface area contributed by atoms with Crippen molar-refractivity contribution in [2.45, 2.75) is 6.42 Å². The van der Waals surface area contributed by atoms with Crippen molar-refractivity contribution in [1.29, 1.82) is 0 Å². The van der Waals surface area contributed by atoms with E-state index in [0.29, 0.717) is 0 Å². The first-order chi connectivity index (χ1) is 4.66. The van der Waals surface area contributed by atoms with E-state index in [1.807, 2.05) is 0 Å². The third-order valence-electron chi connectivity index (χ3n) is 0.476. The maximum atomic E-state index is 10.1. The van der Waals surface area contributed by atoms with Crippen LogP contribution in [0, 0.1) is 0 Å². The van der Waals surface area contributed by atoms with Crippen LogP contribution in [0.2, 0.25) is 0 Å². The third kappa shape index (κ3) is 4.57. The summed E-state index contributed by atoms with van der Waals surface area (Å²) >= 11 is 0.